The van der Waals surface area contributed by atoms with E-state index < -0.39 is 22.2 Å². The first kappa shape index (κ1) is 24.5. The van der Waals surface area contributed by atoms with Gasteiger partial charge in [-0.15, -0.1) is 0 Å². The molecule has 0 amide bonds. The van der Waals surface area contributed by atoms with E-state index in [4.69, 9.17) is 14.6 Å². The molecule has 2 aliphatic rings. The Morgan fingerprint density at radius 3 is 2.53 bits per heavy atom. The number of ether oxygens (including phenoxy) is 1. The molecule has 3 heterocycles. The molecule has 0 aromatic carbocycles. The number of hydrogen-bond donors (Lipinski definition) is 1. The predicted molar refractivity (Wildman–Crippen MR) is 102 cm³/mol. The summed E-state index contributed by atoms with van der Waals surface area (Å²) in [5.41, 5.74) is 1.16. The van der Waals surface area contributed by atoms with Crippen molar-refractivity contribution < 1.29 is 36.2 Å². The van der Waals surface area contributed by atoms with E-state index in [0.29, 0.717) is 6.54 Å². The van der Waals surface area contributed by atoms with E-state index in [1.54, 1.807) is 24.5 Å². The molecule has 2 saturated heterocycles. The van der Waals surface area contributed by atoms with Crippen molar-refractivity contribution in [3.05, 3.63) is 30.1 Å². The van der Waals surface area contributed by atoms with E-state index >= 15 is 0 Å². The zero-order valence-electron chi connectivity index (χ0n) is 16.7. The van der Waals surface area contributed by atoms with Gasteiger partial charge in [0, 0.05) is 57.6 Å². The van der Waals surface area contributed by atoms with Crippen molar-refractivity contribution >= 4 is 16.0 Å². The van der Waals surface area contributed by atoms with Crippen LogP contribution in [0.1, 0.15) is 18.9 Å². The summed E-state index contributed by atoms with van der Waals surface area (Å²) in [5, 5.41) is 7.12. The van der Waals surface area contributed by atoms with Crippen LogP contribution in [0.15, 0.2) is 24.5 Å². The molecule has 1 aromatic rings. The third-order valence-corrected chi connectivity index (χ3v) is 7.18. The highest BCUT2D eigenvalue weighted by Gasteiger charge is 2.47. The Labute approximate surface area is 173 Å². The second-order valence-electron chi connectivity index (χ2n) is 7.16. The molecular formula is C18H26F3N3O5S. The number of methoxy groups -OCH3 is 1. The number of aliphatic carboxylic acids is 1. The number of carboxylic acid groups (broad SMARTS) is 1. The zero-order valence-corrected chi connectivity index (χ0v) is 17.6. The van der Waals surface area contributed by atoms with E-state index in [1.165, 1.54) is 0 Å². The lowest BCUT2D eigenvalue weighted by molar-refractivity contribution is -0.192. The quantitative estimate of drug-likeness (QED) is 0.723. The number of nitrogens with zero attached hydrogens (tertiary/aromatic N) is 3. The average molecular weight is 453 g/mol. The lowest BCUT2D eigenvalue weighted by atomic mass is 9.91. The number of halogens is 3. The summed E-state index contributed by atoms with van der Waals surface area (Å²) in [6, 6.07) is 4.02. The lowest BCUT2D eigenvalue weighted by Gasteiger charge is -2.39. The minimum absolute atomic E-state index is 0.0234. The van der Waals surface area contributed by atoms with Crippen molar-refractivity contribution in [1.29, 1.82) is 0 Å². The minimum Gasteiger partial charge on any atom is -0.475 e. The van der Waals surface area contributed by atoms with Crippen LogP contribution in [0, 0.1) is 5.92 Å². The highest BCUT2D eigenvalue weighted by Crippen LogP contribution is 2.34. The summed E-state index contributed by atoms with van der Waals surface area (Å²) in [4.78, 5) is 15.4. The molecule has 0 bridgehead atoms. The zero-order chi connectivity index (χ0) is 22.5. The molecule has 3 rings (SSSR count). The summed E-state index contributed by atoms with van der Waals surface area (Å²) in [7, 11) is -1.43. The van der Waals surface area contributed by atoms with Gasteiger partial charge in [0.2, 0.25) is 10.0 Å². The largest absolute Gasteiger partial charge is 0.490 e. The van der Waals surface area contributed by atoms with Crippen molar-refractivity contribution in [1.82, 2.24) is 14.2 Å². The van der Waals surface area contributed by atoms with Crippen molar-refractivity contribution in [2.75, 3.05) is 32.5 Å². The predicted octanol–water partition coefficient (Wildman–Crippen LogP) is 1.59. The number of aromatic nitrogens is 1. The van der Waals surface area contributed by atoms with Gasteiger partial charge in [0.1, 0.15) is 0 Å². The number of piperidine rings is 1. The maximum Gasteiger partial charge on any atom is 0.490 e. The molecule has 30 heavy (non-hydrogen) atoms. The van der Waals surface area contributed by atoms with Gasteiger partial charge in [0.25, 0.3) is 0 Å². The number of alkyl halides is 3. The SMILES string of the molecule is CCS(=O)(=O)N1CC[C@@H](OC)[C@H]2CN(Cc3cccnc3)C[C@H]21.O=C(O)C(F)(F)F. The van der Waals surface area contributed by atoms with Crippen LogP contribution in [0.25, 0.3) is 0 Å². The Hall–Kier alpha value is -1.76. The second-order valence-corrected chi connectivity index (χ2v) is 9.37. The Balaban J connectivity index is 0.000000396. The highest BCUT2D eigenvalue weighted by molar-refractivity contribution is 7.89. The molecule has 2 fully saturated rings. The molecule has 0 saturated carbocycles. The standard InChI is InChI=1S/C16H25N3O3S.C2HF3O2/c1-3-23(20,21)19-8-6-16(22-2)14-11-18(12-15(14)19)10-13-5-4-7-17-9-13;3-2(4,5)1(6)7/h4-5,7,9,14-16H,3,6,8,10-12H2,1-2H3;(H,6,7)/t14-,15+,16+;/m0./s1. The van der Waals surface area contributed by atoms with Crippen LogP contribution in [-0.4, -0.2) is 84.5 Å². The number of likely N-dealkylation sites (tertiary alicyclic amines) is 1. The lowest BCUT2D eigenvalue weighted by Crippen LogP contribution is -2.53. The van der Waals surface area contributed by atoms with Crippen molar-refractivity contribution in [2.45, 2.75) is 38.2 Å². The fraction of sp³-hybridized carbons (Fsp3) is 0.667. The molecule has 170 valence electrons. The van der Waals surface area contributed by atoms with Crippen LogP contribution in [0.4, 0.5) is 13.2 Å². The first-order valence-electron chi connectivity index (χ1n) is 9.43. The van der Waals surface area contributed by atoms with Crippen molar-refractivity contribution in [3.63, 3.8) is 0 Å². The molecule has 3 atom stereocenters. The number of carboxylic acids is 1. The molecule has 1 N–H and O–H groups in total. The van der Waals surface area contributed by atoms with Crippen LogP contribution in [-0.2, 0) is 26.1 Å². The van der Waals surface area contributed by atoms with E-state index in [9.17, 15) is 21.6 Å². The van der Waals surface area contributed by atoms with Gasteiger partial charge in [-0.1, -0.05) is 6.07 Å². The number of hydrogen-bond acceptors (Lipinski definition) is 6. The summed E-state index contributed by atoms with van der Waals surface area (Å²) < 4.78 is 63.9. The van der Waals surface area contributed by atoms with Gasteiger partial charge in [0.05, 0.1) is 11.9 Å². The second kappa shape index (κ2) is 10.0. The molecule has 2 aliphatic heterocycles. The van der Waals surface area contributed by atoms with Gasteiger partial charge in [-0.25, -0.2) is 13.2 Å². The highest BCUT2D eigenvalue weighted by atomic mass is 32.2. The van der Waals surface area contributed by atoms with Crippen LogP contribution >= 0.6 is 0 Å². The summed E-state index contributed by atoms with van der Waals surface area (Å²) in [6.07, 6.45) is -0.528. The molecular weight excluding hydrogens is 427 g/mol. The fourth-order valence-electron chi connectivity index (χ4n) is 3.88. The normalized spacial score (nSPS) is 25.3. The van der Waals surface area contributed by atoms with Gasteiger partial charge >= 0.3 is 12.1 Å². The summed E-state index contributed by atoms with van der Waals surface area (Å²) >= 11 is 0. The monoisotopic (exact) mass is 453 g/mol. The summed E-state index contributed by atoms with van der Waals surface area (Å²) in [6.45, 7) is 4.72. The first-order chi connectivity index (χ1) is 14.0. The van der Waals surface area contributed by atoms with E-state index in [-0.39, 0.29) is 23.8 Å². The maximum absolute atomic E-state index is 12.4. The first-order valence-corrected chi connectivity index (χ1v) is 11.0. The van der Waals surface area contributed by atoms with E-state index in [0.717, 1.165) is 31.6 Å². The Bertz CT molecular complexity index is 807. The molecule has 0 spiro atoms. The van der Waals surface area contributed by atoms with Gasteiger partial charge in [0.15, 0.2) is 0 Å². The number of carbonyl (C=O) groups is 1. The smallest absolute Gasteiger partial charge is 0.475 e. The summed E-state index contributed by atoms with van der Waals surface area (Å²) in [5.74, 6) is -2.35. The molecule has 0 unspecified atom stereocenters. The van der Waals surface area contributed by atoms with Crippen LogP contribution in [0.5, 0.6) is 0 Å². The Kier molecular flexibility index (Phi) is 8.20. The third kappa shape index (κ3) is 6.13. The number of rotatable bonds is 5. The Morgan fingerprint density at radius 2 is 2.03 bits per heavy atom. The topological polar surface area (TPSA) is 100 Å². The van der Waals surface area contributed by atoms with Crippen molar-refractivity contribution in [3.8, 4) is 0 Å². The van der Waals surface area contributed by atoms with E-state index in [2.05, 4.69) is 16.0 Å². The number of pyridine rings is 1. The maximum atomic E-state index is 12.4. The average Bonchev–Trinajstić information content (AvgIpc) is 3.11. The molecule has 8 nitrogen and oxygen atoms in total. The van der Waals surface area contributed by atoms with Gasteiger partial charge in [-0.3, -0.25) is 9.88 Å². The Morgan fingerprint density at radius 1 is 1.37 bits per heavy atom. The van der Waals surface area contributed by atoms with E-state index in [1.807, 2.05) is 12.3 Å². The van der Waals surface area contributed by atoms with Gasteiger partial charge in [-0.05, 0) is 25.0 Å². The number of sulfonamides is 1. The minimum atomic E-state index is -5.08. The van der Waals surface area contributed by atoms with Gasteiger partial charge in [-0.2, -0.15) is 17.5 Å². The van der Waals surface area contributed by atoms with Gasteiger partial charge < -0.3 is 9.84 Å². The van der Waals surface area contributed by atoms with Crippen LogP contribution in [0.3, 0.4) is 0 Å². The fourth-order valence-corrected chi connectivity index (χ4v) is 5.23. The molecule has 1 aromatic heterocycles. The van der Waals surface area contributed by atoms with Crippen molar-refractivity contribution in [2.24, 2.45) is 5.92 Å². The molecule has 0 aliphatic carbocycles. The molecule has 0 radical (unpaired) electrons. The van der Waals surface area contributed by atoms with Crippen LogP contribution in [0.2, 0.25) is 0 Å². The van der Waals surface area contributed by atoms with Crippen LogP contribution < -0.4 is 0 Å². The third-order valence-electron chi connectivity index (χ3n) is 5.29. The molecule has 12 heteroatoms. The number of fused-ring (bicyclic) bond motifs is 1.